The maximum Gasteiger partial charge on any atom is 0.341 e. The number of aromatic hydroxyl groups is 1. The molecule has 0 bridgehead atoms. The molecule has 1 aliphatic rings. The molecular formula is C16H23ClN2O4. The molecule has 7 heteroatoms. The highest BCUT2D eigenvalue weighted by molar-refractivity contribution is 5.95. The Hall–Kier alpha value is -1.79. The summed E-state index contributed by atoms with van der Waals surface area (Å²) in [6.07, 6.45) is 5.92. The molecule has 23 heavy (non-hydrogen) atoms. The Morgan fingerprint density at radius 1 is 1.26 bits per heavy atom. The van der Waals surface area contributed by atoms with Crippen molar-refractivity contribution in [2.45, 2.75) is 38.1 Å². The van der Waals surface area contributed by atoms with Crippen molar-refractivity contribution in [1.82, 2.24) is 5.32 Å². The van der Waals surface area contributed by atoms with Gasteiger partial charge in [0.2, 0.25) is 5.91 Å². The number of benzene rings is 1. The van der Waals surface area contributed by atoms with E-state index in [2.05, 4.69) is 15.4 Å². The Kier molecular flexibility index (Phi) is 7.85. The molecule has 0 heterocycles. The summed E-state index contributed by atoms with van der Waals surface area (Å²) < 4.78 is 4.55. The summed E-state index contributed by atoms with van der Waals surface area (Å²) in [5.41, 5.74) is 0.515. The largest absolute Gasteiger partial charge is 0.507 e. The number of phenols is 1. The zero-order valence-corrected chi connectivity index (χ0v) is 13.9. The van der Waals surface area contributed by atoms with Crippen LogP contribution in [0.25, 0.3) is 0 Å². The summed E-state index contributed by atoms with van der Waals surface area (Å²) in [4.78, 5) is 23.3. The average molecular weight is 343 g/mol. The summed E-state index contributed by atoms with van der Waals surface area (Å²) in [6.45, 7) is 0.240. The van der Waals surface area contributed by atoms with Crippen LogP contribution in [0.5, 0.6) is 5.75 Å². The van der Waals surface area contributed by atoms with Gasteiger partial charge in [-0.15, -0.1) is 12.4 Å². The first-order valence-corrected chi connectivity index (χ1v) is 7.54. The van der Waals surface area contributed by atoms with E-state index in [0.717, 1.165) is 12.8 Å². The number of amides is 1. The van der Waals surface area contributed by atoms with Gasteiger partial charge in [0.05, 0.1) is 13.7 Å². The minimum absolute atomic E-state index is 0. The standard InChI is InChI=1S/C16H22N2O4.ClH/c1-22-16(21)13-8-7-12(9-14(13)19)18-15(20)10-17-11-5-3-2-4-6-11;/h7-9,11,17,19H,2-6,10H2,1H3,(H,18,20);1H. The number of nitrogens with one attached hydrogen (secondary N) is 2. The fourth-order valence-corrected chi connectivity index (χ4v) is 2.64. The minimum atomic E-state index is -0.616. The van der Waals surface area contributed by atoms with Crippen LogP contribution in [-0.2, 0) is 9.53 Å². The number of hydrogen-bond donors (Lipinski definition) is 3. The number of anilines is 1. The van der Waals surface area contributed by atoms with Crippen molar-refractivity contribution in [1.29, 1.82) is 0 Å². The first-order valence-electron chi connectivity index (χ1n) is 7.54. The van der Waals surface area contributed by atoms with Crippen LogP contribution in [-0.4, -0.2) is 36.7 Å². The lowest BCUT2D eigenvalue weighted by Crippen LogP contribution is -2.37. The summed E-state index contributed by atoms with van der Waals surface area (Å²) in [5.74, 6) is -1.00. The van der Waals surface area contributed by atoms with Gasteiger partial charge in [-0.2, -0.15) is 0 Å². The molecular weight excluding hydrogens is 320 g/mol. The molecule has 1 aliphatic carbocycles. The average Bonchev–Trinajstić information content (AvgIpc) is 2.53. The van der Waals surface area contributed by atoms with Gasteiger partial charge >= 0.3 is 5.97 Å². The lowest BCUT2D eigenvalue weighted by Gasteiger charge is -2.22. The van der Waals surface area contributed by atoms with Gasteiger partial charge < -0.3 is 20.5 Å². The van der Waals surface area contributed by atoms with Crippen molar-refractivity contribution in [3.05, 3.63) is 23.8 Å². The number of hydrogen-bond acceptors (Lipinski definition) is 5. The van der Waals surface area contributed by atoms with Crippen LogP contribution in [0.2, 0.25) is 0 Å². The van der Waals surface area contributed by atoms with E-state index in [1.54, 1.807) is 6.07 Å². The topological polar surface area (TPSA) is 87.7 Å². The van der Waals surface area contributed by atoms with E-state index in [-0.39, 0.29) is 36.2 Å². The molecule has 1 fully saturated rings. The number of carbonyl (C=O) groups is 2. The first-order chi connectivity index (χ1) is 10.6. The van der Waals surface area contributed by atoms with Gasteiger partial charge in [-0.25, -0.2) is 4.79 Å². The van der Waals surface area contributed by atoms with E-state index in [4.69, 9.17) is 0 Å². The van der Waals surface area contributed by atoms with Crippen molar-refractivity contribution in [2.75, 3.05) is 19.0 Å². The highest BCUT2D eigenvalue weighted by Gasteiger charge is 2.15. The van der Waals surface area contributed by atoms with Crippen LogP contribution in [0.1, 0.15) is 42.5 Å². The molecule has 0 radical (unpaired) electrons. The van der Waals surface area contributed by atoms with Gasteiger partial charge in [0.25, 0.3) is 0 Å². The van der Waals surface area contributed by atoms with Gasteiger partial charge in [-0.1, -0.05) is 19.3 Å². The van der Waals surface area contributed by atoms with Gasteiger partial charge in [-0.3, -0.25) is 4.79 Å². The van der Waals surface area contributed by atoms with Crippen molar-refractivity contribution < 1.29 is 19.4 Å². The number of phenolic OH excluding ortho intramolecular Hbond substituents is 1. The van der Waals surface area contributed by atoms with Crippen LogP contribution in [0.4, 0.5) is 5.69 Å². The third-order valence-corrected chi connectivity index (χ3v) is 3.84. The molecule has 0 aromatic heterocycles. The van der Waals surface area contributed by atoms with Crippen molar-refractivity contribution in [3.63, 3.8) is 0 Å². The second-order valence-electron chi connectivity index (χ2n) is 5.49. The molecule has 3 N–H and O–H groups in total. The summed E-state index contributed by atoms with van der Waals surface area (Å²) in [7, 11) is 1.24. The molecule has 0 unspecified atom stereocenters. The maximum atomic E-state index is 11.9. The number of halogens is 1. The van der Waals surface area contributed by atoms with Crippen molar-refractivity contribution in [3.8, 4) is 5.75 Å². The van der Waals surface area contributed by atoms with E-state index in [1.807, 2.05) is 0 Å². The maximum absolute atomic E-state index is 11.9. The number of ether oxygens (including phenoxy) is 1. The summed E-state index contributed by atoms with van der Waals surface area (Å²) in [6, 6.07) is 4.73. The molecule has 128 valence electrons. The third kappa shape index (κ3) is 5.73. The fourth-order valence-electron chi connectivity index (χ4n) is 2.64. The first kappa shape index (κ1) is 19.3. The highest BCUT2D eigenvalue weighted by Crippen LogP contribution is 2.22. The fraction of sp³-hybridized carbons (Fsp3) is 0.500. The molecule has 6 nitrogen and oxygen atoms in total. The molecule has 1 saturated carbocycles. The van der Waals surface area contributed by atoms with Gasteiger partial charge in [0.15, 0.2) is 0 Å². The third-order valence-electron chi connectivity index (χ3n) is 3.84. The van der Waals surface area contributed by atoms with Crippen LogP contribution >= 0.6 is 12.4 Å². The summed E-state index contributed by atoms with van der Waals surface area (Å²) in [5, 5.41) is 15.7. The Balaban J connectivity index is 0.00000264. The Labute approximate surface area is 142 Å². The zero-order chi connectivity index (χ0) is 15.9. The van der Waals surface area contributed by atoms with E-state index >= 15 is 0 Å². The molecule has 1 amide bonds. The lowest BCUT2D eigenvalue weighted by atomic mass is 9.95. The van der Waals surface area contributed by atoms with E-state index in [1.165, 1.54) is 38.5 Å². The minimum Gasteiger partial charge on any atom is -0.507 e. The van der Waals surface area contributed by atoms with Crippen LogP contribution in [0.3, 0.4) is 0 Å². The van der Waals surface area contributed by atoms with Crippen molar-refractivity contribution in [2.24, 2.45) is 0 Å². The van der Waals surface area contributed by atoms with Crippen molar-refractivity contribution >= 4 is 30.0 Å². The van der Waals surface area contributed by atoms with Crippen LogP contribution < -0.4 is 10.6 Å². The second kappa shape index (κ2) is 9.37. The Bertz CT molecular complexity index is 545. The smallest absolute Gasteiger partial charge is 0.341 e. The van der Waals surface area contributed by atoms with E-state index in [9.17, 15) is 14.7 Å². The van der Waals surface area contributed by atoms with Crippen LogP contribution in [0.15, 0.2) is 18.2 Å². The second-order valence-corrected chi connectivity index (χ2v) is 5.49. The molecule has 2 rings (SSSR count). The normalized spacial score (nSPS) is 14.7. The number of carbonyl (C=O) groups excluding carboxylic acids is 2. The quantitative estimate of drug-likeness (QED) is 0.715. The van der Waals surface area contributed by atoms with Crippen LogP contribution in [0, 0.1) is 0 Å². The predicted octanol–water partition coefficient (Wildman–Crippen LogP) is 2.46. The highest BCUT2D eigenvalue weighted by atomic mass is 35.5. The molecule has 0 spiro atoms. The molecule has 0 aliphatic heterocycles. The summed E-state index contributed by atoms with van der Waals surface area (Å²) >= 11 is 0. The monoisotopic (exact) mass is 342 g/mol. The SMILES string of the molecule is COC(=O)c1ccc(NC(=O)CNC2CCCCC2)cc1O.Cl. The molecule has 1 aromatic rings. The molecule has 1 aromatic carbocycles. The van der Waals surface area contributed by atoms with Gasteiger partial charge in [0, 0.05) is 17.8 Å². The molecule has 0 atom stereocenters. The zero-order valence-electron chi connectivity index (χ0n) is 13.1. The number of esters is 1. The predicted molar refractivity (Wildman–Crippen MR) is 90.2 cm³/mol. The van der Waals surface area contributed by atoms with Gasteiger partial charge in [-0.05, 0) is 25.0 Å². The van der Waals surface area contributed by atoms with Gasteiger partial charge in [0.1, 0.15) is 11.3 Å². The van der Waals surface area contributed by atoms with E-state index in [0.29, 0.717) is 11.7 Å². The number of methoxy groups -OCH3 is 1. The molecule has 0 saturated heterocycles. The Morgan fingerprint density at radius 2 is 1.96 bits per heavy atom. The lowest BCUT2D eigenvalue weighted by molar-refractivity contribution is -0.115. The number of rotatable bonds is 5. The Morgan fingerprint density at radius 3 is 2.57 bits per heavy atom. The van der Waals surface area contributed by atoms with E-state index < -0.39 is 5.97 Å².